The first-order chi connectivity index (χ1) is 5.91. The van der Waals surface area contributed by atoms with Crippen molar-refractivity contribution in [3.05, 3.63) is 29.8 Å². The molecule has 0 amide bonds. The van der Waals surface area contributed by atoms with E-state index in [0.29, 0.717) is 0 Å². The lowest BCUT2D eigenvalue weighted by atomic mass is 10.1. The van der Waals surface area contributed by atoms with Crippen LogP contribution >= 0.6 is 0 Å². The first-order valence-corrected chi connectivity index (χ1v) is 5.34. The van der Waals surface area contributed by atoms with Crippen LogP contribution < -0.4 is 10.9 Å². The Kier molecular flexibility index (Phi) is 2.70. The maximum absolute atomic E-state index is 10.9. The van der Waals surface area contributed by atoms with Gasteiger partial charge in [-0.05, 0) is 24.6 Å². The molecule has 0 aliphatic heterocycles. The molecule has 0 saturated heterocycles. The van der Waals surface area contributed by atoms with Gasteiger partial charge in [-0.1, -0.05) is 12.1 Å². The van der Waals surface area contributed by atoms with Crippen LogP contribution in [0.5, 0.6) is 0 Å². The highest BCUT2D eigenvalue weighted by atomic mass is 32.2. The Morgan fingerprint density at radius 2 is 2.00 bits per heavy atom. The molecule has 1 atom stereocenters. The largest absolute Gasteiger partial charge is 0.324 e. The number of primary sulfonamides is 1. The average molecular weight is 200 g/mol. The Hall–Kier alpha value is -0.910. The maximum atomic E-state index is 10.9. The molecule has 0 spiro atoms. The molecule has 0 aliphatic rings. The normalized spacial score (nSPS) is 14.1. The summed E-state index contributed by atoms with van der Waals surface area (Å²) in [5.74, 6) is 0. The van der Waals surface area contributed by atoms with Crippen molar-refractivity contribution in [1.29, 1.82) is 0 Å². The number of benzene rings is 1. The van der Waals surface area contributed by atoms with Crippen LogP contribution in [0.25, 0.3) is 0 Å². The number of rotatable bonds is 2. The van der Waals surface area contributed by atoms with Crippen molar-refractivity contribution in [2.45, 2.75) is 17.9 Å². The minimum atomic E-state index is -3.61. The molecule has 1 rings (SSSR count). The zero-order chi connectivity index (χ0) is 10.1. The highest BCUT2D eigenvalue weighted by Gasteiger charge is 2.08. The van der Waals surface area contributed by atoms with Gasteiger partial charge in [-0.2, -0.15) is 0 Å². The van der Waals surface area contributed by atoms with Crippen molar-refractivity contribution in [2.75, 3.05) is 0 Å². The van der Waals surface area contributed by atoms with E-state index in [9.17, 15) is 8.42 Å². The van der Waals surface area contributed by atoms with Gasteiger partial charge in [0.15, 0.2) is 0 Å². The minimum Gasteiger partial charge on any atom is -0.324 e. The van der Waals surface area contributed by atoms with Gasteiger partial charge in [0.2, 0.25) is 10.0 Å². The fourth-order valence-electron chi connectivity index (χ4n) is 0.975. The smallest absolute Gasteiger partial charge is 0.238 e. The number of hydrogen-bond acceptors (Lipinski definition) is 3. The van der Waals surface area contributed by atoms with Crippen molar-refractivity contribution in [2.24, 2.45) is 10.9 Å². The van der Waals surface area contributed by atoms with E-state index in [2.05, 4.69) is 0 Å². The number of hydrogen-bond donors (Lipinski definition) is 2. The predicted molar refractivity (Wildman–Crippen MR) is 50.4 cm³/mol. The molecule has 4 nitrogen and oxygen atoms in total. The number of nitrogens with two attached hydrogens (primary N) is 2. The lowest BCUT2D eigenvalue weighted by Crippen LogP contribution is -2.13. The molecular weight excluding hydrogens is 188 g/mol. The van der Waals surface area contributed by atoms with Crippen LogP contribution in [0.4, 0.5) is 0 Å². The minimum absolute atomic E-state index is 0.0994. The van der Waals surface area contributed by atoms with Gasteiger partial charge >= 0.3 is 0 Å². The summed E-state index contributed by atoms with van der Waals surface area (Å²) in [5, 5.41) is 4.96. The fraction of sp³-hybridized carbons (Fsp3) is 0.250. The zero-order valence-corrected chi connectivity index (χ0v) is 8.08. The zero-order valence-electron chi connectivity index (χ0n) is 7.27. The van der Waals surface area contributed by atoms with Crippen LogP contribution in [-0.2, 0) is 10.0 Å². The first kappa shape index (κ1) is 10.2. The van der Waals surface area contributed by atoms with Gasteiger partial charge < -0.3 is 5.73 Å². The standard InChI is InChI=1S/C8H12N2O2S/c1-6(9)7-3-2-4-8(5-7)13(10,11)12/h2-6H,9H2,1H3,(H2,10,11,12)/t6-/m1/s1. The lowest BCUT2D eigenvalue weighted by molar-refractivity contribution is 0.597. The Balaban J connectivity index is 3.21. The number of sulfonamides is 1. The van der Waals surface area contributed by atoms with Crippen molar-refractivity contribution in [3.63, 3.8) is 0 Å². The summed E-state index contributed by atoms with van der Waals surface area (Å²) in [5.41, 5.74) is 6.35. The van der Waals surface area contributed by atoms with Crippen molar-refractivity contribution >= 4 is 10.0 Å². The summed E-state index contributed by atoms with van der Waals surface area (Å²) in [4.78, 5) is 0.0994. The van der Waals surface area contributed by atoms with Gasteiger partial charge in [-0.15, -0.1) is 0 Å². The third-order valence-electron chi connectivity index (χ3n) is 1.71. The average Bonchev–Trinajstić information content (AvgIpc) is 2.03. The van der Waals surface area contributed by atoms with Gasteiger partial charge in [0.25, 0.3) is 0 Å². The highest BCUT2D eigenvalue weighted by Crippen LogP contribution is 2.14. The summed E-state index contributed by atoms with van der Waals surface area (Å²) in [6.07, 6.45) is 0. The topological polar surface area (TPSA) is 86.2 Å². The molecule has 0 aliphatic carbocycles. The van der Waals surface area contributed by atoms with E-state index in [1.54, 1.807) is 19.1 Å². The molecule has 0 radical (unpaired) electrons. The summed E-state index contributed by atoms with van der Waals surface area (Å²) >= 11 is 0. The van der Waals surface area contributed by atoms with Gasteiger partial charge in [-0.3, -0.25) is 0 Å². The van der Waals surface area contributed by atoms with Crippen molar-refractivity contribution in [1.82, 2.24) is 0 Å². The molecule has 0 aromatic heterocycles. The second kappa shape index (κ2) is 3.45. The molecule has 0 saturated carbocycles. The van der Waals surface area contributed by atoms with E-state index >= 15 is 0 Å². The molecule has 5 heteroatoms. The molecule has 13 heavy (non-hydrogen) atoms. The Labute approximate surface area is 77.6 Å². The third-order valence-corrected chi connectivity index (χ3v) is 2.62. The van der Waals surface area contributed by atoms with Crippen LogP contribution in [0.2, 0.25) is 0 Å². The second-order valence-corrected chi connectivity index (χ2v) is 4.47. The molecule has 0 unspecified atom stereocenters. The molecule has 4 N–H and O–H groups in total. The van der Waals surface area contributed by atoms with E-state index in [4.69, 9.17) is 10.9 Å². The summed E-state index contributed by atoms with van der Waals surface area (Å²) < 4.78 is 21.9. The molecule has 1 aromatic rings. The Bertz CT molecular complexity index is 398. The van der Waals surface area contributed by atoms with Crippen LogP contribution in [0.15, 0.2) is 29.2 Å². The van der Waals surface area contributed by atoms with E-state index in [1.807, 2.05) is 0 Å². The fourth-order valence-corrected chi connectivity index (χ4v) is 1.54. The molecule has 0 fully saturated rings. The molecule has 0 bridgehead atoms. The molecule has 1 aromatic carbocycles. The van der Waals surface area contributed by atoms with E-state index in [-0.39, 0.29) is 10.9 Å². The maximum Gasteiger partial charge on any atom is 0.238 e. The molecular formula is C8H12N2O2S. The lowest BCUT2D eigenvalue weighted by Gasteiger charge is -2.06. The Morgan fingerprint density at radius 3 is 2.46 bits per heavy atom. The second-order valence-electron chi connectivity index (χ2n) is 2.91. The first-order valence-electron chi connectivity index (χ1n) is 3.79. The van der Waals surface area contributed by atoms with Crippen LogP contribution in [0, 0.1) is 0 Å². The Morgan fingerprint density at radius 1 is 1.38 bits per heavy atom. The van der Waals surface area contributed by atoms with E-state index < -0.39 is 10.0 Å². The van der Waals surface area contributed by atoms with E-state index in [0.717, 1.165) is 5.56 Å². The van der Waals surface area contributed by atoms with Crippen LogP contribution in [-0.4, -0.2) is 8.42 Å². The van der Waals surface area contributed by atoms with Gasteiger partial charge in [0.1, 0.15) is 0 Å². The summed E-state index contributed by atoms with van der Waals surface area (Å²) in [6, 6.07) is 6.13. The van der Waals surface area contributed by atoms with Gasteiger partial charge in [-0.25, -0.2) is 13.6 Å². The van der Waals surface area contributed by atoms with Crippen LogP contribution in [0.3, 0.4) is 0 Å². The quantitative estimate of drug-likeness (QED) is 0.722. The SMILES string of the molecule is C[C@@H](N)c1cccc(S(N)(=O)=O)c1. The summed E-state index contributed by atoms with van der Waals surface area (Å²) in [7, 11) is -3.61. The van der Waals surface area contributed by atoms with Gasteiger partial charge in [0.05, 0.1) is 4.90 Å². The van der Waals surface area contributed by atoms with E-state index in [1.165, 1.54) is 12.1 Å². The third kappa shape index (κ3) is 2.51. The predicted octanol–water partition coefficient (Wildman–Crippen LogP) is 0.354. The van der Waals surface area contributed by atoms with Crippen LogP contribution in [0.1, 0.15) is 18.5 Å². The highest BCUT2D eigenvalue weighted by molar-refractivity contribution is 7.89. The monoisotopic (exact) mass is 200 g/mol. The summed E-state index contributed by atoms with van der Waals surface area (Å²) in [6.45, 7) is 1.78. The van der Waals surface area contributed by atoms with Crippen molar-refractivity contribution < 1.29 is 8.42 Å². The molecule has 72 valence electrons. The van der Waals surface area contributed by atoms with Gasteiger partial charge in [0, 0.05) is 6.04 Å². The van der Waals surface area contributed by atoms with Crippen molar-refractivity contribution in [3.8, 4) is 0 Å². The molecule has 0 heterocycles.